The summed E-state index contributed by atoms with van der Waals surface area (Å²) in [4.78, 5) is 13.1. The lowest BCUT2D eigenvalue weighted by atomic mass is 10.1. The lowest BCUT2D eigenvalue weighted by Crippen LogP contribution is -2.16. The molecule has 170 valence electrons. The van der Waals surface area contributed by atoms with Crippen molar-refractivity contribution in [3.63, 3.8) is 0 Å². The Morgan fingerprint density at radius 3 is 2.66 bits per heavy atom. The maximum Gasteiger partial charge on any atom is 0.694 e. The molecule has 0 bridgehead atoms. The molecule has 0 aliphatic rings. The van der Waals surface area contributed by atoms with Gasteiger partial charge in [0.25, 0.3) is 0 Å². The maximum atomic E-state index is 10.5. The highest BCUT2D eigenvalue weighted by atomic mass is 32.1. The van der Waals surface area contributed by atoms with Gasteiger partial charge < -0.3 is 10.1 Å². The highest BCUT2D eigenvalue weighted by Gasteiger charge is 2.12. The molecule has 6 nitrogen and oxygen atoms in total. The summed E-state index contributed by atoms with van der Waals surface area (Å²) in [6, 6.07) is 16.8. The monoisotopic (exact) mass is 473 g/mol. The number of hydrogen-bond donors (Lipinski definition) is 2. The number of hydrogen-bond acceptors (Lipinski definition) is 6. The summed E-state index contributed by atoms with van der Waals surface area (Å²) in [5, 5.41) is 6.25. The van der Waals surface area contributed by atoms with Gasteiger partial charge in [-0.3, -0.25) is 0 Å². The number of benzene rings is 2. The summed E-state index contributed by atoms with van der Waals surface area (Å²) in [7, 11) is -2.51. The van der Waals surface area contributed by atoms with Gasteiger partial charge in [-0.05, 0) is 61.9 Å². The van der Waals surface area contributed by atoms with Gasteiger partial charge >= 0.3 is 8.25 Å². The summed E-state index contributed by atoms with van der Waals surface area (Å²) >= 11 is 1.60. The average molecular weight is 474 g/mol. The predicted octanol–water partition coefficient (Wildman–Crippen LogP) is 5.75. The number of ether oxygens (including phenoxy) is 1. The molecule has 1 aromatic heterocycles. The Morgan fingerprint density at radius 1 is 1.00 bits per heavy atom. The maximum absolute atomic E-state index is 10.5. The first-order chi connectivity index (χ1) is 15.7. The lowest BCUT2D eigenvalue weighted by Gasteiger charge is -2.12. The molecule has 0 aliphatic carbocycles. The van der Waals surface area contributed by atoms with Gasteiger partial charge in [0.15, 0.2) is 0 Å². The number of unbranched alkanes of at least 4 members (excludes halogenated alkanes) is 2. The SMILES string of the molecule is O=[P+](O)OCCCNCc1ccc(OCCCCCc2ccccc2)c(-c2nccs2)c1. The van der Waals surface area contributed by atoms with Crippen LogP contribution >= 0.6 is 19.6 Å². The number of aryl methyl sites for hydroxylation is 1. The van der Waals surface area contributed by atoms with E-state index in [2.05, 4.69) is 57.3 Å². The van der Waals surface area contributed by atoms with Crippen molar-refractivity contribution < 1.29 is 18.7 Å². The van der Waals surface area contributed by atoms with Crippen LogP contribution in [0.25, 0.3) is 10.6 Å². The van der Waals surface area contributed by atoms with E-state index in [-0.39, 0.29) is 6.61 Å². The lowest BCUT2D eigenvalue weighted by molar-refractivity contribution is 0.276. The van der Waals surface area contributed by atoms with E-state index in [1.807, 2.05) is 17.6 Å². The molecule has 32 heavy (non-hydrogen) atoms. The normalized spacial score (nSPS) is 11.5. The molecule has 2 N–H and O–H groups in total. The molecule has 0 aliphatic heterocycles. The van der Waals surface area contributed by atoms with E-state index in [4.69, 9.17) is 9.63 Å². The average Bonchev–Trinajstić information content (AvgIpc) is 3.34. The zero-order valence-corrected chi connectivity index (χ0v) is 19.8. The van der Waals surface area contributed by atoms with E-state index in [0.29, 0.717) is 26.1 Å². The summed E-state index contributed by atoms with van der Waals surface area (Å²) in [6.45, 7) is 2.36. The van der Waals surface area contributed by atoms with Crippen LogP contribution in [-0.4, -0.2) is 29.6 Å². The molecule has 1 heterocycles. The molecule has 0 radical (unpaired) electrons. The van der Waals surface area contributed by atoms with Crippen molar-refractivity contribution in [3.05, 3.63) is 71.2 Å². The van der Waals surface area contributed by atoms with Crippen LogP contribution in [0.15, 0.2) is 60.1 Å². The van der Waals surface area contributed by atoms with Crippen molar-refractivity contribution >= 4 is 19.6 Å². The zero-order chi connectivity index (χ0) is 22.4. The Labute approximate surface area is 194 Å². The number of aromatic nitrogens is 1. The molecule has 0 fully saturated rings. The van der Waals surface area contributed by atoms with Crippen LogP contribution in [0, 0.1) is 0 Å². The smallest absolute Gasteiger partial charge is 0.493 e. The van der Waals surface area contributed by atoms with Crippen molar-refractivity contribution in [2.75, 3.05) is 19.8 Å². The fraction of sp³-hybridized carbons (Fsp3) is 0.375. The number of nitrogens with zero attached hydrogens (tertiary/aromatic N) is 1. The molecule has 0 saturated heterocycles. The third kappa shape index (κ3) is 8.77. The first-order valence-corrected chi connectivity index (χ1v) is 12.9. The molecule has 0 spiro atoms. The molecule has 3 aromatic rings. The van der Waals surface area contributed by atoms with Crippen LogP contribution in [0.5, 0.6) is 5.75 Å². The van der Waals surface area contributed by atoms with E-state index in [9.17, 15) is 4.57 Å². The summed E-state index contributed by atoms with van der Waals surface area (Å²) in [6.07, 6.45) is 6.91. The third-order valence-corrected chi connectivity index (χ3v) is 6.16. The van der Waals surface area contributed by atoms with Crippen molar-refractivity contribution in [3.8, 4) is 16.3 Å². The zero-order valence-electron chi connectivity index (χ0n) is 18.1. The van der Waals surface area contributed by atoms with E-state index in [0.717, 1.165) is 47.6 Å². The molecule has 1 unspecified atom stereocenters. The molecule has 2 aromatic carbocycles. The van der Waals surface area contributed by atoms with Gasteiger partial charge in [-0.2, -0.15) is 0 Å². The molecule has 0 saturated carbocycles. The second kappa shape index (κ2) is 14.1. The first kappa shape index (κ1) is 24.5. The van der Waals surface area contributed by atoms with Crippen LogP contribution in [-0.2, 0) is 22.1 Å². The molecule has 3 rings (SSSR count). The van der Waals surface area contributed by atoms with Gasteiger partial charge in [-0.1, -0.05) is 36.4 Å². The summed E-state index contributed by atoms with van der Waals surface area (Å²) in [5.74, 6) is 0.868. The topological polar surface area (TPSA) is 80.7 Å². The Morgan fingerprint density at radius 2 is 1.88 bits per heavy atom. The Kier molecular flexibility index (Phi) is 10.8. The molecule has 1 atom stereocenters. The Hall–Kier alpha value is -2.15. The van der Waals surface area contributed by atoms with Crippen molar-refractivity contribution in [1.29, 1.82) is 0 Å². The molecular formula is C24H30N2O4PS+. The van der Waals surface area contributed by atoms with Gasteiger partial charge in [-0.15, -0.1) is 20.8 Å². The quantitative estimate of drug-likeness (QED) is 0.216. The summed E-state index contributed by atoms with van der Waals surface area (Å²) < 4.78 is 21.3. The minimum absolute atomic E-state index is 0.265. The van der Waals surface area contributed by atoms with Gasteiger partial charge in [0.1, 0.15) is 17.4 Å². The van der Waals surface area contributed by atoms with E-state index < -0.39 is 8.25 Å². The highest BCUT2D eigenvalue weighted by Crippen LogP contribution is 2.32. The van der Waals surface area contributed by atoms with Gasteiger partial charge in [0.05, 0.1) is 12.2 Å². The number of thiazole rings is 1. The fourth-order valence-corrected chi connectivity index (χ4v) is 4.29. The second-order valence-electron chi connectivity index (χ2n) is 7.41. The van der Waals surface area contributed by atoms with E-state index >= 15 is 0 Å². The van der Waals surface area contributed by atoms with Crippen LogP contribution < -0.4 is 10.1 Å². The Balaban J connectivity index is 1.45. The van der Waals surface area contributed by atoms with Crippen molar-refractivity contribution in [2.45, 2.75) is 38.6 Å². The molecular weight excluding hydrogens is 443 g/mol. The van der Waals surface area contributed by atoms with Crippen LogP contribution in [0.4, 0.5) is 0 Å². The van der Waals surface area contributed by atoms with Gasteiger partial charge in [0.2, 0.25) is 0 Å². The van der Waals surface area contributed by atoms with Crippen LogP contribution in [0.2, 0.25) is 0 Å². The minimum atomic E-state index is -2.51. The van der Waals surface area contributed by atoms with E-state index in [1.165, 1.54) is 5.56 Å². The largest absolute Gasteiger partial charge is 0.694 e. The van der Waals surface area contributed by atoms with Crippen LogP contribution in [0.1, 0.15) is 36.8 Å². The second-order valence-corrected chi connectivity index (χ2v) is 9.04. The van der Waals surface area contributed by atoms with Crippen LogP contribution in [0.3, 0.4) is 0 Å². The Bertz CT molecular complexity index is 938. The van der Waals surface area contributed by atoms with Gasteiger partial charge in [0, 0.05) is 22.7 Å². The number of nitrogens with one attached hydrogen (secondary N) is 1. The van der Waals surface area contributed by atoms with Crippen molar-refractivity contribution in [1.82, 2.24) is 10.3 Å². The third-order valence-electron chi connectivity index (χ3n) is 4.95. The van der Waals surface area contributed by atoms with E-state index in [1.54, 1.807) is 11.3 Å². The summed E-state index contributed by atoms with van der Waals surface area (Å²) in [5.41, 5.74) is 3.55. The minimum Gasteiger partial charge on any atom is -0.493 e. The standard InChI is InChI=1S/C24H29N2O4PS/c27-31(28)30-16-7-13-25-19-21-11-12-23(22(18-21)24-26-14-17-32-24)29-15-6-2-5-10-20-8-3-1-4-9-20/h1,3-4,8-9,11-12,14,17-18,25H,2,5-7,10,13,15-16,19H2/p+1. The predicted molar refractivity (Wildman–Crippen MR) is 129 cm³/mol. The molecule has 0 amide bonds. The number of rotatable bonds is 15. The highest BCUT2D eigenvalue weighted by molar-refractivity contribution is 7.32. The fourth-order valence-electron chi connectivity index (χ4n) is 3.34. The van der Waals surface area contributed by atoms with Crippen molar-refractivity contribution in [2.24, 2.45) is 0 Å². The van der Waals surface area contributed by atoms with Gasteiger partial charge in [-0.25, -0.2) is 4.98 Å². The first-order valence-electron chi connectivity index (χ1n) is 10.9. The molecule has 8 heteroatoms.